The third-order valence-corrected chi connectivity index (χ3v) is 6.66. The Hall–Kier alpha value is -0.480. The van der Waals surface area contributed by atoms with Crippen molar-refractivity contribution in [3.8, 4) is 0 Å². The van der Waals surface area contributed by atoms with E-state index in [1.165, 1.54) is 11.8 Å². The quantitative estimate of drug-likeness (QED) is 0.662. The number of carbonyl (C=O) groups is 2. The molecule has 1 fully saturated rings. The van der Waals surface area contributed by atoms with Gasteiger partial charge in [0.1, 0.15) is 0 Å². The molecule has 4 atom stereocenters. The summed E-state index contributed by atoms with van der Waals surface area (Å²) in [5, 5.41) is 1.98. The van der Waals surface area contributed by atoms with Gasteiger partial charge in [-0.05, 0) is 25.3 Å². The molecular formula is C12H12O2S2. The van der Waals surface area contributed by atoms with Gasteiger partial charge in [-0.1, -0.05) is 11.1 Å². The van der Waals surface area contributed by atoms with E-state index >= 15 is 0 Å². The summed E-state index contributed by atoms with van der Waals surface area (Å²) in [4.78, 5) is 24.1. The number of carbonyl (C=O) groups excluding carboxylic acids is 2. The molecule has 0 aliphatic carbocycles. The van der Waals surface area contributed by atoms with Crippen LogP contribution in [0.4, 0.5) is 0 Å². The Morgan fingerprint density at radius 1 is 1.06 bits per heavy atom. The lowest BCUT2D eigenvalue weighted by molar-refractivity contribution is -0.124. The monoisotopic (exact) mass is 252 g/mol. The SMILES string of the molecule is CC1=CC(=O)C2SC1C1C(=O)C2SC=C1C. The maximum absolute atomic E-state index is 12.3. The average molecular weight is 252 g/mol. The summed E-state index contributed by atoms with van der Waals surface area (Å²) in [5.41, 5.74) is 2.21. The van der Waals surface area contributed by atoms with Crippen LogP contribution in [-0.2, 0) is 9.59 Å². The Balaban J connectivity index is 2.14. The largest absolute Gasteiger partial charge is 0.298 e. The number of allylic oxidation sites excluding steroid dienone is 2. The first-order valence-electron chi connectivity index (χ1n) is 5.33. The van der Waals surface area contributed by atoms with Gasteiger partial charge in [-0.15, -0.1) is 23.5 Å². The lowest BCUT2D eigenvalue weighted by Crippen LogP contribution is -2.51. The minimum absolute atomic E-state index is 0.0110. The molecular weight excluding hydrogens is 240 g/mol. The zero-order valence-electron chi connectivity index (χ0n) is 9.10. The highest BCUT2D eigenvalue weighted by Gasteiger charge is 2.51. The van der Waals surface area contributed by atoms with E-state index in [0.29, 0.717) is 0 Å². The maximum Gasteiger partial charge on any atom is 0.170 e. The minimum Gasteiger partial charge on any atom is -0.298 e. The molecule has 4 unspecified atom stereocenters. The molecule has 2 nitrogen and oxygen atoms in total. The van der Waals surface area contributed by atoms with Crippen LogP contribution in [0.1, 0.15) is 13.8 Å². The number of Topliss-reactive ketones (excluding diaryl/α,β-unsaturated/α-hetero) is 1. The van der Waals surface area contributed by atoms with E-state index in [1.54, 1.807) is 17.8 Å². The fourth-order valence-corrected chi connectivity index (χ4v) is 5.65. The predicted molar refractivity (Wildman–Crippen MR) is 67.6 cm³/mol. The molecule has 0 N–H and O–H groups in total. The highest BCUT2D eigenvalue weighted by atomic mass is 32.2. The molecule has 0 aromatic heterocycles. The van der Waals surface area contributed by atoms with Crippen molar-refractivity contribution in [3.63, 3.8) is 0 Å². The number of fused-ring (bicyclic) bond motifs is 6. The lowest BCUT2D eigenvalue weighted by atomic mass is 9.83. The van der Waals surface area contributed by atoms with Crippen molar-refractivity contribution in [3.05, 3.63) is 22.6 Å². The smallest absolute Gasteiger partial charge is 0.170 e. The van der Waals surface area contributed by atoms with Crippen LogP contribution in [0.3, 0.4) is 0 Å². The van der Waals surface area contributed by atoms with Crippen molar-refractivity contribution in [2.45, 2.75) is 29.6 Å². The van der Waals surface area contributed by atoms with Crippen molar-refractivity contribution in [1.82, 2.24) is 0 Å². The van der Waals surface area contributed by atoms with Crippen LogP contribution in [0.2, 0.25) is 0 Å². The van der Waals surface area contributed by atoms with Crippen LogP contribution in [0.25, 0.3) is 0 Å². The number of hydrogen-bond acceptors (Lipinski definition) is 4. The second-order valence-electron chi connectivity index (χ2n) is 4.57. The van der Waals surface area contributed by atoms with E-state index in [0.717, 1.165) is 11.1 Å². The highest BCUT2D eigenvalue weighted by Crippen LogP contribution is 2.50. The fourth-order valence-electron chi connectivity index (χ4n) is 2.61. The van der Waals surface area contributed by atoms with Gasteiger partial charge in [0.2, 0.25) is 0 Å². The summed E-state index contributed by atoms with van der Waals surface area (Å²) >= 11 is 3.21. The normalized spacial score (nSPS) is 41.6. The first kappa shape index (κ1) is 10.7. The van der Waals surface area contributed by atoms with Crippen molar-refractivity contribution in [1.29, 1.82) is 0 Å². The van der Waals surface area contributed by atoms with Gasteiger partial charge in [-0.3, -0.25) is 9.59 Å². The molecule has 0 spiro atoms. The van der Waals surface area contributed by atoms with Crippen molar-refractivity contribution in [2.24, 2.45) is 5.92 Å². The molecule has 3 rings (SSSR count). The second kappa shape index (κ2) is 3.50. The van der Waals surface area contributed by atoms with Crippen LogP contribution in [0.15, 0.2) is 22.6 Å². The van der Waals surface area contributed by atoms with Gasteiger partial charge in [0.15, 0.2) is 11.6 Å². The summed E-state index contributed by atoms with van der Waals surface area (Å²) < 4.78 is 0. The molecule has 4 heteroatoms. The molecule has 84 valence electrons. The summed E-state index contributed by atoms with van der Waals surface area (Å²) in [6.07, 6.45) is 1.75. The van der Waals surface area contributed by atoms with Crippen LogP contribution in [-0.4, -0.2) is 27.3 Å². The van der Waals surface area contributed by atoms with Crippen molar-refractivity contribution < 1.29 is 9.59 Å². The van der Waals surface area contributed by atoms with Gasteiger partial charge in [-0.2, -0.15) is 0 Å². The summed E-state index contributed by atoms with van der Waals surface area (Å²) in [6.45, 7) is 3.99. The maximum atomic E-state index is 12.3. The Bertz CT molecular complexity index is 450. The van der Waals surface area contributed by atoms with Crippen LogP contribution >= 0.6 is 23.5 Å². The lowest BCUT2D eigenvalue weighted by Gasteiger charge is -2.44. The highest BCUT2D eigenvalue weighted by molar-refractivity contribution is 8.07. The zero-order chi connectivity index (χ0) is 11.4. The van der Waals surface area contributed by atoms with Crippen molar-refractivity contribution in [2.75, 3.05) is 0 Å². The van der Waals surface area contributed by atoms with E-state index in [2.05, 4.69) is 5.41 Å². The topological polar surface area (TPSA) is 34.1 Å². The Morgan fingerprint density at radius 3 is 2.56 bits per heavy atom. The van der Waals surface area contributed by atoms with Gasteiger partial charge in [0, 0.05) is 5.25 Å². The molecule has 16 heavy (non-hydrogen) atoms. The molecule has 0 saturated carbocycles. The summed E-state index contributed by atoms with van der Waals surface area (Å²) in [5.74, 6) is 0.396. The Labute approximate surface area is 103 Å². The molecule has 0 radical (unpaired) electrons. The van der Waals surface area contributed by atoms with E-state index in [1.807, 2.05) is 13.8 Å². The van der Waals surface area contributed by atoms with Crippen LogP contribution in [0.5, 0.6) is 0 Å². The summed E-state index contributed by atoms with van der Waals surface area (Å²) in [7, 11) is 0. The molecule has 1 saturated heterocycles. The molecule has 0 amide bonds. The Morgan fingerprint density at radius 2 is 1.81 bits per heavy atom. The van der Waals surface area contributed by atoms with Crippen LogP contribution < -0.4 is 0 Å². The number of hydrogen-bond donors (Lipinski definition) is 0. The predicted octanol–water partition coefficient (Wildman–Crippen LogP) is 2.20. The third-order valence-electron chi connectivity index (χ3n) is 3.45. The fraction of sp³-hybridized carbons (Fsp3) is 0.500. The third kappa shape index (κ3) is 1.29. The number of thioether (sulfide) groups is 2. The minimum atomic E-state index is -0.146. The van der Waals surface area contributed by atoms with Gasteiger partial charge >= 0.3 is 0 Å². The standard InChI is InChI=1S/C12H12O2S2/c1-5-3-7(13)11-12-9(14)8(10(5)16-11)6(2)4-15-12/h3-4,8,10-12H,1-2H3. The van der Waals surface area contributed by atoms with Crippen molar-refractivity contribution >= 4 is 35.1 Å². The van der Waals surface area contributed by atoms with E-state index in [9.17, 15) is 9.59 Å². The van der Waals surface area contributed by atoms with E-state index < -0.39 is 0 Å². The zero-order valence-corrected chi connectivity index (χ0v) is 10.7. The van der Waals surface area contributed by atoms with Crippen LogP contribution in [0, 0.1) is 5.92 Å². The average Bonchev–Trinajstić information content (AvgIpc) is 2.21. The van der Waals surface area contributed by atoms with Gasteiger partial charge in [-0.25, -0.2) is 0 Å². The first-order chi connectivity index (χ1) is 7.59. The molecule has 3 heterocycles. The molecule has 3 aliphatic heterocycles. The van der Waals surface area contributed by atoms with E-state index in [-0.39, 0.29) is 33.2 Å². The molecule has 3 aliphatic rings. The second-order valence-corrected chi connectivity index (χ2v) is 6.87. The number of ketones is 2. The number of rotatable bonds is 0. The molecule has 4 bridgehead atoms. The molecule has 0 aromatic rings. The first-order valence-corrected chi connectivity index (χ1v) is 7.21. The van der Waals surface area contributed by atoms with Gasteiger partial charge in [0.05, 0.1) is 16.4 Å². The molecule has 0 aromatic carbocycles. The van der Waals surface area contributed by atoms with Gasteiger partial charge in [0.25, 0.3) is 0 Å². The van der Waals surface area contributed by atoms with E-state index in [4.69, 9.17) is 0 Å². The summed E-state index contributed by atoms with van der Waals surface area (Å²) in [6, 6.07) is 0. The van der Waals surface area contributed by atoms with Gasteiger partial charge < -0.3 is 0 Å². The Kier molecular flexibility index (Phi) is 2.33.